The fourth-order valence-electron chi connectivity index (χ4n) is 4.33. The van der Waals surface area contributed by atoms with Gasteiger partial charge in [-0.1, -0.05) is 79.1 Å². The van der Waals surface area contributed by atoms with Crippen LogP contribution in [0.4, 0.5) is 5.69 Å². The maximum atomic E-state index is 14.0. The Hall–Kier alpha value is -3.65. The lowest BCUT2D eigenvalue weighted by Gasteiger charge is -2.32. The molecular weight excluding hydrogens is 510 g/mol. The summed E-state index contributed by atoms with van der Waals surface area (Å²) in [5, 5.41) is 2.91. The summed E-state index contributed by atoms with van der Waals surface area (Å²) >= 11 is 0. The predicted octanol–water partition coefficient (Wildman–Crippen LogP) is 5.14. The highest BCUT2D eigenvalue weighted by Gasteiger charge is 2.33. The fourth-order valence-corrected chi connectivity index (χ4v) is 5.83. The van der Waals surface area contributed by atoms with Crippen LogP contribution in [-0.2, 0) is 26.2 Å². The highest BCUT2D eigenvalue weighted by molar-refractivity contribution is 7.92. The number of hydrogen-bond acceptors (Lipinski definition) is 4. The first-order valence-corrected chi connectivity index (χ1v) is 14.8. The number of anilines is 1. The van der Waals surface area contributed by atoms with Gasteiger partial charge < -0.3 is 10.2 Å². The number of hydrogen-bond donors (Lipinski definition) is 1. The Kier molecular flexibility index (Phi) is 10.3. The summed E-state index contributed by atoms with van der Waals surface area (Å²) in [5.74, 6) is -0.735. The molecule has 3 aromatic rings. The lowest BCUT2D eigenvalue weighted by atomic mass is 10.1. The average Bonchev–Trinajstić information content (AvgIpc) is 2.91. The van der Waals surface area contributed by atoms with E-state index in [4.69, 9.17) is 0 Å². The smallest absolute Gasteiger partial charge is 0.264 e. The summed E-state index contributed by atoms with van der Waals surface area (Å²) in [5.41, 5.74) is 4.08. The highest BCUT2D eigenvalue weighted by Crippen LogP contribution is 2.28. The summed E-state index contributed by atoms with van der Waals surface area (Å²) in [4.78, 5) is 28.6. The molecule has 0 saturated carbocycles. The van der Waals surface area contributed by atoms with Gasteiger partial charge in [-0.25, -0.2) is 8.42 Å². The molecule has 0 aromatic heterocycles. The molecule has 0 aliphatic heterocycles. The summed E-state index contributed by atoms with van der Waals surface area (Å²) in [6.07, 6.45) is 1.77. The Morgan fingerprint density at radius 2 is 1.54 bits per heavy atom. The van der Waals surface area contributed by atoms with E-state index in [1.165, 1.54) is 17.0 Å². The van der Waals surface area contributed by atoms with Crippen LogP contribution in [0, 0.1) is 20.8 Å². The largest absolute Gasteiger partial charge is 0.354 e. The van der Waals surface area contributed by atoms with Crippen molar-refractivity contribution < 1.29 is 18.0 Å². The van der Waals surface area contributed by atoms with Crippen molar-refractivity contribution >= 4 is 27.5 Å². The second kappa shape index (κ2) is 13.4. The third-order valence-electron chi connectivity index (χ3n) is 6.70. The number of benzene rings is 3. The molecule has 0 aliphatic carbocycles. The molecule has 0 fully saturated rings. The van der Waals surface area contributed by atoms with E-state index in [1.54, 1.807) is 31.2 Å². The Morgan fingerprint density at radius 1 is 0.897 bits per heavy atom. The lowest BCUT2D eigenvalue weighted by Crippen LogP contribution is -2.51. The van der Waals surface area contributed by atoms with Gasteiger partial charge in [0.15, 0.2) is 0 Å². The molecule has 1 N–H and O–H groups in total. The predicted molar refractivity (Wildman–Crippen MR) is 156 cm³/mol. The van der Waals surface area contributed by atoms with Gasteiger partial charge in [0.25, 0.3) is 10.0 Å². The molecule has 8 heteroatoms. The van der Waals surface area contributed by atoms with Gasteiger partial charge in [-0.05, 0) is 63.4 Å². The molecule has 39 heavy (non-hydrogen) atoms. The summed E-state index contributed by atoms with van der Waals surface area (Å²) in [6.45, 7) is 9.70. The van der Waals surface area contributed by atoms with Crippen molar-refractivity contribution in [1.29, 1.82) is 0 Å². The fraction of sp³-hybridized carbons (Fsp3) is 0.355. The molecule has 2 amide bonds. The van der Waals surface area contributed by atoms with Gasteiger partial charge in [0, 0.05) is 13.1 Å². The van der Waals surface area contributed by atoms with Crippen LogP contribution in [0.1, 0.15) is 48.9 Å². The molecule has 7 nitrogen and oxygen atoms in total. The topological polar surface area (TPSA) is 86.8 Å². The zero-order valence-electron chi connectivity index (χ0n) is 23.5. The number of sulfonamides is 1. The van der Waals surface area contributed by atoms with Gasteiger partial charge in [0.2, 0.25) is 11.8 Å². The summed E-state index contributed by atoms with van der Waals surface area (Å²) < 4.78 is 28.9. The second-order valence-electron chi connectivity index (χ2n) is 9.94. The van der Waals surface area contributed by atoms with Crippen molar-refractivity contribution in [2.75, 3.05) is 17.4 Å². The molecule has 0 spiro atoms. The van der Waals surface area contributed by atoms with Crippen molar-refractivity contribution in [2.45, 2.75) is 64.9 Å². The minimum absolute atomic E-state index is 0.0909. The first kappa shape index (κ1) is 29.9. The van der Waals surface area contributed by atoms with E-state index < -0.39 is 28.5 Å². The van der Waals surface area contributed by atoms with Crippen LogP contribution in [-0.4, -0.2) is 44.3 Å². The molecule has 1 atom stereocenters. The first-order valence-electron chi connectivity index (χ1n) is 13.3. The quantitative estimate of drug-likeness (QED) is 0.317. The third-order valence-corrected chi connectivity index (χ3v) is 8.48. The lowest BCUT2D eigenvalue weighted by molar-refractivity contribution is -0.139. The third kappa shape index (κ3) is 7.69. The van der Waals surface area contributed by atoms with Gasteiger partial charge in [-0.3, -0.25) is 13.9 Å². The van der Waals surface area contributed by atoms with Gasteiger partial charge in [-0.15, -0.1) is 0 Å². The van der Waals surface area contributed by atoms with Gasteiger partial charge in [0.1, 0.15) is 12.6 Å². The molecule has 0 radical (unpaired) electrons. The Morgan fingerprint density at radius 3 is 2.15 bits per heavy atom. The van der Waals surface area contributed by atoms with E-state index in [0.29, 0.717) is 12.2 Å². The Labute approximate surface area is 232 Å². The summed E-state index contributed by atoms with van der Waals surface area (Å²) in [6, 6.07) is 20.5. The normalized spacial score (nSPS) is 12.0. The van der Waals surface area contributed by atoms with Crippen LogP contribution in [0.15, 0.2) is 77.7 Å². The number of unbranched alkanes of at least 4 members (excludes halogenated alkanes) is 1. The van der Waals surface area contributed by atoms with E-state index in [-0.39, 0.29) is 17.3 Å². The molecular formula is C31H39N3O4S. The van der Waals surface area contributed by atoms with Crippen molar-refractivity contribution in [1.82, 2.24) is 10.2 Å². The minimum atomic E-state index is -4.07. The molecule has 3 aromatic carbocycles. The average molecular weight is 550 g/mol. The van der Waals surface area contributed by atoms with Gasteiger partial charge in [-0.2, -0.15) is 0 Å². The molecule has 3 rings (SSSR count). The first-order chi connectivity index (χ1) is 18.5. The maximum absolute atomic E-state index is 14.0. The number of aryl methyl sites for hydroxylation is 3. The van der Waals surface area contributed by atoms with E-state index in [9.17, 15) is 18.0 Å². The van der Waals surface area contributed by atoms with Crippen LogP contribution in [0.5, 0.6) is 0 Å². The number of carbonyl (C=O) groups excluding carboxylic acids is 2. The molecule has 1 unspecified atom stereocenters. The van der Waals surface area contributed by atoms with Crippen molar-refractivity contribution in [3.05, 3.63) is 95.1 Å². The van der Waals surface area contributed by atoms with Crippen molar-refractivity contribution in [2.24, 2.45) is 0 Å². The number of amides is 2. The van der Waals surface area contributed by atoms with Crippen LogP contribution in [0.25, 0.3) is 0 Å². The zero-order chi connectivity index (χ0) is 28.6. The van der Waals surface area contributed by atoms with Crippen LogP contribution < -0.4 is 9.62 Å². The van der Waals surface area contributed by atoms with Crippen LogP contribution in [0.3, 0.4) is 0 Å². The number of carbonyl (C=O) groups is 2. The van der Waals surface area contributed by atoms with Crippen molar-refractivity contribution in [3.8, 4) is 0 Å². The SMILES string of the molecule is CCCCNC(=O)C(C)N(Cc1ccc(C)cc1)C(=O)CN(c1ccc(C)cc1C)S(=O)(=O)c1ccccc1. The van der Waals surface area contributed by atoms with Crippen LogP contribution >= 0.6 is 0 Å². The Balaban J connectivity index is 2.01. The molecule has 208 valence electrons. The highest BCUT2D eigenvalue weighted by atomic mass is 32.2. The van der Waals surface area contributed by atoms with Crippen LogP contribution in [0.2, 0.25) is 0 Å². The van der Waals surface area contributed by atoms with E-state index in [0.717, 1.165) is 39.4 Å². The van der Waals surface area contributed by atoms with E-state index in [1.807, 2.05) is 64.1 Å². The molecule has 0 bridgehead atoms. The number of nitrogens with one attached hydrogen (secondary N) is 1. The maximum Gasteiger partial charge on any atom is 0.264 e. The monoisotopic (exact) mass is 549 g/mol. The van der Waals surface area contributed by atoms with Crippen molar-refractivity contribution in [3.63, 3.8) is 0 Å². The van der Waals surface area contributed by atoms with E-state index in [2.05, 4.69) is 5.32 Å². The van der Waals surface area contributed by atoms with E-state index >= 15 is 0 Å². The standard InChI is InChI=1S/C31H39N3O4S/c1-6-7-19-32-31(36)26(5)33(21-27-16-13-23(2)14-17-27)30(35)22-34(29-18-15-24(3)20-25(29)4)39(37,38)28-11-9-8-10-12-28/h8-18,20,26H,6-7,19,21-22H2,1-5H3,(H,32,36). The summed E-state index contributed by atoms with van der Waals surface area (Å²) in [7, 11) is -4.07. The number of nitrogens with zero attached hydrogens (tertiary/aromatic N) is 2. The van der Waals surface area contributed by atoms with Gasteiger partial charge in [0.05, 0.1) is 10.6 Å². The molecule has 0 aliphatic rings. The number of rotatable bonds is 12. The zero-order valence-corrected chi connectivity index (χ0v) is 24.3. The Bertz CT molecular complexity index is 1370. The van der Waals surface area contributed by atoms with Gasteiger partial charge >= 0.3 is 0 Å². The second-order valence-corrected chi connectivity index (χ2v) is 11.8. The molecule has 0 saturated heterocycles. The minimum Gasteiger partial charge on any atom is -0.354 e. The molecule has 0 heterocycles.